The van der Waals surface area contributed by atoms with E-state index in [9.17, 15) is 4.79 Å². The Morgan fingerprint density at radius 1 is 0.724 bits per heavy atom. The molecule has 3 aromatic carbocycles. The van der Waals surface area contributed by atoms with E-state index in [0.29, 0.717) is 29.5 Å². The zero-order valence-corrected chi connectivity index (χ0v) is 16.4. The zero-order chi connectivity index (χ0) is 20.5. The third-order valence-corrected chi connectivity index (χ3v) is 3.94. The lowest BCUT2D eigenvalue weighted by molar-refractivity contribution is -0.118. The Morgan fingerprint density at radius 2 is 1.21 bits per heavy atom. The molecule has 0 unspecified atom stereocenters. The molecule has 0 saturated carbocycles. The summed E-state index contributed by atoms with van der Waals surface area (Å²) in [5.41, 5.74) is 0.660. The summed E-state index contributed by atoms with van der Waals surface area (Å²) in [6, 6.07) is 21.6. The van der Waals surface area contributed by atoms with Crippen LogP contribution in [0.5, 0.6) is 28.7 Å². The van der Waals surface area contributed by atoms with Gasteiger partial charge in [-0.05, 0) is 79.7 Å². The Bertz CT molecular complexity index is 906. The van der Waals surface area contributed by atoms with Crippen LogP contribution in [0.15, 0.2) is 72.8 Å². The second-order valence-electron chi connectivity index (χ2n) is 6.04. The van der Waals surface area contributed by atoms with Gasteiger partial charge in [0.25, 0.3) is 5.91 Å². The minimum Gasteiger partial charge on any atom is -0.497 e. The molecule has 6 heteroatoms. The van der Waals surface area contributed by atoms with Crippen molar-refractivity contribution in [1.82, 2.24) is 0 Å². The van der Waals surface area contributed by atoms with E-state index in [-0.39, 0.29) is 12.5 Å². The first-order valence-corrected chi connectivity index (χ1v) is 9.24. The van der Waals surface area contributed by atoms with Crippen molar-refractivity contribution in [2.24, 2.45) is 0 Å². The minimum absolute atomic E-state index is 0.0865. The van der Waals surface area contributed by atoms with Gasteiger partial charge in [-0.15, -0.1) is 0 Å². The number of carbonyl (C=O) groups is 1. The summed E-state index contributed by atoms with van der Waals surface area (Å²) in [5.74, 6) is 3.25. The van der Waals surface area contributed by atoms with Gasteiger partial charge in [0.05, 0.1) is 13.7 Å². The number of anilines is 1. The maximum atomic E-state index is 12.1. The number of amides is 1. The number of hydrogen-bond acceptors (Lipinski definition) is 5. The van der Waals surface area contributed by atoms with E-state index in [1.165, 1.54) is 0 Å². The number of ether oxygens (including phenoxy) is 4. The van der Waals surface area contributed by atoms with Crippen molar-refractivity contribution in [3.8, 4) is 28.7 Å². The van der Waals surface area contributed by atoms with E-state index < -0.39 is 0 Å². The molecule has 0 heterocycles. The summed E-state index contributed by atoms with van der Waals surface area (Å²) < 4.78 is 21.8. The van der Waals surface area contributed by atoms with Gasteiger partial charge in [-0.3, -0.25) is 4.79 Å². The van der Waals surface area contributed by atoms with Crippen molar-refractivity contribution in [2.75, 3.05) is 25.6 Å². The summed E-state index contributed by atoms with van der Waals surface area (Å²) >= 11 is 0. The summed E-state index contributed by atoms with van der Waals surface area (Å²) in [6.07, 6.45) is 0. The molecule has 0 radical (unpaired) electrons. The molecule has 6 nitrogen and oxygen atoms in total. The smallest absolute Gasteiger partial charge is 0.262 e. The molecule has 3 rings (SSSR count). The zero-order valence-electron chi connectivity index (χ0n) is 16.4. The molecular weight excluding hydrogens is 370 g/mol. The molecule has 0 atom stereocenters. The maximum Gasteiger partial charge on any atom is 0.262 e. The number of nitrogens with one attached hydrogen (secondary N) is 1. The normalized spacial score (nSPS) is 10.1. The number of hydrogen-bond donors (Lipinski definition) is 1. The third kappa shape index (κ3) is 6.17. The van der Waals surface area contributed by atoms with E-state index >= 15 is 0 Å². The van der Waals surface area contributed by atoms with Gasteiger partial charge in [-0.1, -0.05) is 0 Å². The molecule has 3 aromatic rings. The molecule has 0 aliphatic rings. The lowest BCUT2D eigenvalue weighted by Crippen LogP contribution is -2.20. The average molecular weight is 393 g/mol. The standard InChI is InChI=1S/C23H23NO5/c1-3-27-19-12-14-22(15-13-19)29-21-6-4-17(5-7-21)24-23(25)16-28-20-10-8-18(26-2)9-11-20/h4-15H,3,16H2,1-2H3,(H,24,25). The molecule has 0 saturated heterocycles. The van der Waals surface area contributed by atoms with Crippen LogP contribution in [-0.2, 0) is 4.79 Å². The Labute approximate surface area is 170 Å². The second-order valence-corrected chi connectivity index (χ2v) is 6.04. The van der Waals surface area contributed by atoms with Crippen LogP contribution in [0.3, 0.4) is 0 Å². The molecule has 0 bridgehead atoms. The number of carbonyl (C=O) groups excluding carboxylic acids is 1. The topological polar surface area (TPSA) is 66.0 Å². The lowest BCUT2D eigenvalue weighted by Gasteiger charge is -2.10. The molecule has 1 N–H and O–H groups in total. The molecule has 0 aliphatic carbocycles. The van der Waals surface area contributed by atoms with Gasteiger partial charge in [0.2, 0.25) is 0 Å². The Balaban J connectivity index is 1.48. The van der Waals surface area contributed by atoms with Crippen molar-refractivity contribution in [3.63, 3.8) is 0 Å². The minimum atomic E-state index is -0.249. The summed E-state index contributed by atoms with van der Waals surface area (Å²) in [4.78, 5) is 12.1. The summed E-state index contributed by atoms with van der Waals surface area (Å²) in [7, 11) is 1.60. The van der Waals surface area contributed by atoms with E-state index in [2.05, 4.69) is 5.32 Å². The molecule has 1 amide bonds. The van der Waals surface area contributed by atoms with E-state index in [1.807, 2.05) is 31.2 Å². The van der Waals surface area contributed by atoms with Gasteiger partial charge in [-0.2, -0.15) is 0 Å². The molecule has 0 aliphatic heterocycles. The second kappa shape index (κ2) is 10.0. The van der Waals surface area contributed by atoms with Gasteiger partial charge < -0.3 is 24.3 Å². The lowest BCUT2D eigenvalue weighted by atomic mass is 10.3. The van der Waals surface area contributed by atoms with Crippen molar-refractivity contribution in [2.45, 2.75) is 6.92 Å². The Morgan fingerprint density at radius 3 is 1.76 bits per heavy atom. The third-order valence-electron chi connectivity index (χ3n) is 3.94. The van der Waals surface area contributed by atoms with Crippen LogP contribution in [0.4, 0.5) is 5.69 Å². The number of benzene rings is 3. The summed E-state index contributed by atoms with van der Waals surface area (Å²) in [5, 5.41) is 2.79. The van der Waals surface area contributed by atoms with Gasteiger partial charge in [0, 0.05) is 5.69 Å². The van der Waals surface area contributed by atoms with Crippen LogP contribution in [0.2, 0.25) is 0 Å². The highest BCUT2D eigenvalue weighted by atomic mass is 16.5. The molecule has 0 aromatic heterocycles. The largest absolute Gasteiger partial charge is 0.497 e. The van der Waals surface area contributed by atoms with Crippen LogP contribution in [0.1, 0.15) is 6.92 Å². The van der Waals surface area contributed by atoms with E-state index in [1.54, 1.807) is 55.6 Å². The van der Waals surface area contributed by atoms with E-state index in [0.717, 1.165) is 11.5 Å². The Kier molecular flexibility index (Phi) is 6.95. The van der Waals surface area contributed by atoms with E-state index in [4.69, 9.17) is 18.9 Å². The monoisotopic (exact) mass is 393 g/mol. The first-order valence-electron chi connectivity index (χ1n) is 9.24. The van der Waals surface area contributed by atoms with Crippen molar-refractivity contribution >= 4 is 11.6 Å². The molecule has 0 fully saturated rings. The number of methoxy groups -OCH3 is 1. The highest BCUT2D eigenvalue weighted by Crippen LogP contribution is 2.25. The van der Waals surface area contributed by atoms with Gasteiger partial charge in [0.1, 0.15) is 28.7 Å². The van der Waals surface area contributed by atoms with Crippen LogP contribution >= 0.6 is 0 Å². The highest BCUT2D eigenvalue weighted by molar-refractivity contribution is 5.91. The molecular formula is C23H23NO5. The first-order chi connectivity index (χ1) is 14.2. The fourth-order valence-electron chi connectivity index (χ4n) is 2.53. The SMILES string of the molecule is CCOc1ccc(Oc2ccc(NC(=O)COc3ccc(OC)cc3)cc2)cc1. The van der Waals surface area contributed by atoms with Crippen molar-refractivity contribution < 1.29 is 23.7 Å². The predicted octanol–water partition coefficient (Wildman–Crippen LogP) is 4.90. The fraction of sp³-hybridized carbons (Fsp3) is 0.174. The fourth-order valence-corrected chi connectivity index (χ4v) is 2.53. The van der Waals surface area contributed by atoms with Crippen molar-refractivity contribution in [1.29, 1.82) is 0 Å². The number of rotatable bonds is 9. The first kappa shape index (κ1) is 20.1. The van der Waals surface area contributed by atoms with Crippen LogP contribution in [0.25, 0.3) is 0 Å². The van der Waals surface area contributed by atoms with Crippen molar-refractivity contribution in [3.05, 3.63) is 72.8 Å². The van der Waals surface area contributed by atoms with Gasteiger partial charge in [0.15, 0.2) is 6.61 Å². The quantitative estimate of drug-likeness (QED) is 0.560. The summed E-state index contributed by atoms with van der Waals surface area (Å²) in [6.45, 7) is 2.48. The molecule has 150 valence electrons. The van der Waals surface area contributed by atoms with Crippen LogP contribution in [0, 0.1) is 0 Å². The van der Waals surface area contributed by atoms with Crippen LogP contribution in [-0.4, -0.2) is 26.2 Å². The van der Waals surface area contributed by atoms with Gasteiger partial charge >= 0.3 is 0 Å². The highest BCUT2D eigenvalue weighted by Gasteiger charge is 2.05. The average Bonchev–Trinajstić information content (AvgIpc) is 2.75. The molecule has 0 spiro atoms. The van der Waals surface area contributed by atoms with Crippen LogP contribution < -0.4 is 24.3 Å². The van der Waals surface area contributed by atoms with Gasteiger partial charge in [-0.25, -0.2) is 0 Å². The molecule has 29 heavy (non-hydrogen) atoms. The maximum absolute atomic E-state index is 12.1. The predicted molar refractivity (Wildman–Crippen MR) is 111 cm³/mol. The Hall–Kier alpha value is -3.67.